The van der Waals surface area contributed by atoms with E-state index >= 15 is 0 Å². The summed E-state index contributed by atoms with van der Waals surface area (Å²) in [6.07, 6.45) is 1.02. The predicted octanol–water partition coefficient (Wildman–Crippen LogP) is 1.31. The number of nitrogens with zero attached hydrogens (tertiary/aromatic N) is 3. The van der Waals surface area contributed by atoms with Gasteiger partial charge >= 0.3 is 0 Å². The fourth-order valence-electron chi connectivity index (χ4n) is 2.47. The van der Waals surface area contributed by atoms with Crippen molar-refractivity contribution in [2.75, 3.05) is 32.7 Å². The Kier molecular flexibility index (Phi) is 4.92. The Morgan fingerprint density at radius 1 is 1.19 bits per heavy atom. The van der Waals surface area contributed by atoms with Crippen LogP contribution in [0.25, 0.3) is 0 Å². The van der Waals surface area contributed by atoms with Crippen LogP contribution in [0, 0.1) is 10.1 Å². The highest BCUT2D eigenvalue weighted by Crippen LogP contribution is 2.26. The summed E-state index contributed by atoms with van der Waals surface area (Å²) in [6.45, 7) is 5.08. The van der Waals surface area contributed by atoms with Crippen molar-refractivity contribution in [2.45, 2.75) is 18.2 Å². The van der Waals surface area contributed by atoms with Gasteiger partial charge in [-0.1, -0.05) is 19.1 Å². The lowest BCUT2D eigenvalue weighted by molar-refractivity contribution is -0.387. The van der Waals surface area contributed by atoms with Crippen LogP contribution in [0.1, 0.15) is 13.3 Å². The largest absolute Gasteiger partial charge is 0.301 e. The van der Waals surface area contributed by atoms with E-state index in [0.29, 0.717) is 26.2 Å². The minimum absolute atomic E-state index is 0.223. The zero-order valence-corrected chi connectivity index (χ0v) is 12.8. The van der Waals surface area contributed by atoms with Gasteiger partial charge in [-0.05, 0) is 19.0 Å². The first-order valence-electron chi connectivity index (χ1n) is 6.92. The first-order chi connectivity index (χ1) is 9.96. The van der Waals surface area contributed by atoms with Crippen molar-refractivity contribution in [3.63, 3.8) is 0 Å². The highest BCUT2D eigenvalue weighted by atomic mass is 32.2. The zero-order valence-electron chi connectivity index (χ0n) is 11.9. The van der Waals surface area contributed by atoms with Gasteiger partial charge in [0.2, 0.25) is 10.0 Å². The first-order valence-corrected chi connectivity index (χ1v) is 8.36. The Labute approximate surface area is 124 Å². The molecule has 1 aromatic carbocycles. The topological polar surface area (TPSA) is 83.8 Å². The number of nitro benzene ring substituents is 1. The average molecular weight is 313 g/mol. The Morgan fingerprint density at radius 3 is 2.38 bits per heavy atom. The lowest BCUT2D eigenvalue weighted by Gasteiger charge is -2.33. The van der Waals surface area contributed by atoms with Gasteiger partial charge in [0.15, 0.2) is 4.90 Å². The molecule has 1 heterocycles. The van der Waals surface area contributed by atoms with Crippen LogP contribution in [0.2, 0.25) is 0 Å². The molecule has 1 aliphatic rings. The van der Waals surface area contributed by atoms with E-state index in [2.05, 4.69) is 11.8 Å². The molecule has 7 nitrogen and oxygen atoms in total. The number of piperazine rings is 1. The van der Waals surface area contributed by atoms with Crippen molar-refractivity contribution in [3.8, 4) is 0 Å². The van der Waals surface area contributed by atoms with E-state index in [4.69, 9.17) is 0 Å². The number of benzene rings is 1. The summed E-state index contributed by atoms with van der Waals surface area (Å²) in [5.41, 5.74) is -0.367. The third-order valence-corrected chi connectivity index (χ3v) is 5.50. The van der Waals surface area contributed by atoms with Crippen LogP contribution in [0.15, 0.2) is 29.2 Å². The van der Waals surface area contributed by atoms with Gasteiger partial charge in [0.25, 0.3) is 5.69 Å². The van der Waals surface area contributed by atoms with E-state index in [-0.39, 0.29) is 10.6 Å². The normalized spacial score (nSPS) is 17.8. The summed E-state index contributed by atoms with van der Waals surface area (Å²) in [5, 5.41) is 11.0. The molecule has 2 rings (SSSR count). The third kappa shape index (κ3) is 3.39. The molecule has 0 atom stereocenters. The molecule has 0 amide bonds. The standard InChI is InChI=1S/C13H19N3O4S/c1-2-7-14-8-10-15(11-9-14)21(19,20)13-6-4-3-5-12(13)16(17)18/h3-6H,2,7-11H2,1H3. The molecule has 8 heteroatoms. The van der Waals surface area contributed by atoms with E-state index in [0.717, 1.165) is 13.0 Å². The van der Waals surface area contributed by atoms with E-state index in [9.17, 15) is 18.5 Å². The summed E-state index contributed by atoms with van der Waals surface area (Å²) in [5.74, 6) is 0. The van der Waals surface area contributed by atoms with E-state index in [1.165, 1.54) is 28.6 Å². The highest BCUT2D eigenvalue weighted by molar-refractivity contribution is 7.89. The maximum atomic E-state index is 12.6. The Balaban J connectivity index is 2.22. The molecule has 0 radical (unpaired) electrons. The molecule has 1 aromatic rings. The number of nitro groups is 1. The van der Waals surface area contributed by atoms with Gasteiger partial charge in [0.1, 0.15) is 0 Å². The SMILES string of the molecule is CCCN1CCN(S(=O)(=O)c2ccccc2[N+](=O)[O-])CC1. The monoisotopic (exact) mass is 313 g/mol. The summed E-state index contributed by atoms with van der Waals surface area (Å²) in [4.78, 5) is 12.3. The first kappa shape index (κ1) is 15.9. The molecule has 0 aromatic heterocycles. The lowest BCUT2D eigenvalue weighted by atomic mass is 10.3. The third-order valence-electron chi connectivity index (χ3n) is 3.55. The molecule has 116 valence electrons. The number of para-hydroxylation sites is 1. The average Bonchev–Trinajstić information content (AvgIpc) is 2.48. The maximum absolute atomic E-state index is 12.6. The predicted molar refractivity (Wildman–Crippen MR) is 78.6 cm³/mol. The van der Waals surface area contributed by atoms with Gasteiger partial charge in [-0.2, -0.15) is 4.31 Å². The molecule has 0 spiro atoms. The van der Waals surface area contributed by atoms with Crippen molar-refractivity contribution < 1.29 is 13.3 Å². The molecule has 0 saturated carbocycles. The van der Waals surface area contributed by atoms with Crippen molar-refractivity contribution in [3.05, 3.63) is 34.4 Å². The van der Waals surface area contributed by atoms with Gasteiger partial charge in [-0.3, -0.25) is 10.1 Å². The summed E-state index contributed by atoms with van der Waals surface area (Å²) in [6, 6.07) is 5.50. The molecule has 1 aliphatic heterocycles. The Hall–Kier alpha value is -1.51. The van der Waals surface area contributed by atoms with Gasteiger partial charge in [0.05, 0.1) is 4.92 Å². The van der Waals surface area contributed by atoms with E-state index in [1.54, 1.807) is 0 Å². The molecule has 0 aliphatic carbocycles. The molecule has 1 fully saturated rings. The van der Waals surface area contributed by atoms with Gasteiger partial charge in [-0.25, -0.2) is 8.42 Å². The van der Waals surface area contributed by atoms with Crippen LogP contribution in [-0.2, 0) is 10.0 Å². The summed E-state index contributed by atoms with van der Waals surface area (Å²) < 4.78 is 26.5. The van der Waals surface area contributed by atoms with Crippen molar-refractivity contribution in [1.29, 1.82) is 0 Å². The summed E-state index contributed by atoms with van der Waals surface area (Å²) in [7, 11) is -3.81. The minimum atomic E-state index is -3.81. The smallest absolute Gasteiger partial charge is 0.289 e. The second kappa shape index (κ2) is 6.50. The van der Waals surface area contributed by atoms with Crippen LogP contribution in [0.5, 0.6) is 0 Å². The van der Waals surface area contributed by atoms with E-state index < -0.39 is 14.9 Å². The Bertz CT molecular complexity index is 610. The van der Waals surface area contributed by atoms with Crippen LogP contribution in [-0.4, -0.2) is 55.3 Å². The lowest BCUT2D eigenvalue weighted by Crippen LogP contribution is -2.48. The molecule has 0 N–H and O–H groups in total. The maximum Gasteiger partial charge on any atom is 0.289 e. The van der Waals surface area contributed by atoms with Crippen LogP contribution in [0.3, 0.4) is 0 Å². The molecule has 0 unspecified atom stereocenters. The summed E-state index contributed by atoms with van der Waals surface area (Å²) >= 11 is 0. The van der Waals surface area contributed by atoms with Gasteiger partial charge < -0.3 is 4.90 Å². The minimum Gasteiger partial charge on any atom is -0.301 e. The number of rotatable bonds is 5. The zero-order chi connectivity index (χ0) is 15.5. The molecule has 1 saturated heterocycles. The van der Waals surface area contributed by atoms with Crippen LogP contribution in [0.4, 0.5) is 5.69 Å². The molecule has 21 heavy (non-hydrogen) atoms. The fraction of sp³-hybridized carbons (Fsp3) is 0.538. The van der Waals surface area contributed by atoms with Crippen molar-refractivity contribution in [1.82, 2.24) is 9.21 Å². The fourth-order valence-corrected chi connectivity index (χ4v) is 4.05. The highest BCUT2D eigenvalue weighted by Gasteiger charge is 2.33. The van der Waals surface area contributed by atoms with Crippen LogP contribution < -0.4 is 0 Å². The molecule has 0 bridgehead atoms. The molecular formula is C13H19N3O4S. The van der Waals surface area contributed by atoms with Gasteiger partial charge in [-0.15, -0.1) is 0 Å². The molecular weight excluding hydrogens is 294 g/mol. The number of sulfonamides is 1. The number of hydrogen-bond donors (Lipinski definition) is 0. The Morgan fingerprint density at radius 2 is 1.81 bits per heavy atom. The van der Waals surface area contributed by atoms with Crippen molar-refractivity contribution in [2.24, 2.45) is 0 Å². The van der Waals surface area contributed by atoms with Crippen molar-refractivity contribution >= 4 is 15.7 Å². The van der Waals surface area contributed by atoms with E-state index in [1.807, 2.05) is 0 Å². The second-order valence-electron chi connectivity index (χ2n) is 4.97. The van der Waals surface area contributed by atoms with Crippen LogP contribution >= 0.6 is 0 Å². The second-order valence-corrected chi connectivity index (χ2v) is 6.88. The van der Waals surface area contributed by atoms with Gasteiger partial charge in [0, 0.05) is 32.2 Å². The quantitative estimate of drug-likeness (QED) is 0.604. The number of hydrogen-bond acceptors (Lipinski definition) is 5.